The van der Waals surface area contributed by atoms with Crippen molar-refractivity contribution in [3.05, 3.63) is 12.1 Å². The van der Waals surface area contributed by atoms with Gasteiger partial charge in [-0.2, -0.15) is 0 Å². The van der Waals surface area contributed by atoms with Gasteiger partial charge in [0.1, 0.15) is 5.75 Å². The third kappa shape index (κ3) is 3.10. The summed E-state index contributed by atoms with van der Waals surface area (Å²) in [5, 5.41) is 2.80. The molecule has 5 heteroatoms. The quantitative estimate of drug-likeness (QED) is 0.488. The van der Waals surface area contributed by atoms with E-state index in [0.29, 0.717) is 11.4 Å². The van der Waals surface area contributed by atoms with Gasteiger partial charge in [-0.3, -0.25) is 4.79 Å². The van der Waals surface area contributed by atoms with Crippen molar-refractivity contribution in [2.24, 2.45) is 0 Å². The summed E-state index contributed by atoms with van der Waals surface area (Å²) in [6, 6.07) is 3.69. The number of ether oxygens (including phenoxy) is 1. The number of benzene rings is 1. The molecule has 1 aromatic rings. The fourth-order valence-electron chi connectivity index (χ4n) is 1.78. The first kappa shape index (κ1) is 13.1. The molecule has 3 N–H and O–H groups in total. The number of hydrogen-bond donors (Lipinski definition) is 2. The molecule has 0 radical (unpaired) electrons. The molecule has 2 rings (SSSR count). The molecule has 0 atom stereocenters. The first-order valence-corrected chi connectivity index (χ1v) is 7.18. The van der Waals surface area contributed by atoms with E-state index in [1.807, 2.05) is 6.07 Å². The molecule has 1 heterocycles. The second-order valence-electron chi connectivity index (χ2n) is 4.28. The number of unbranched alkanes of at least 4 members (excludes halogenated alkanes) is 2. The second kappa shape index (κ2) is 6.00. The van der Waals surface area contributed by atoms with Crippen LogP contribution in [0.15, 0.2) is 17.0 Å². The standard InChI is InChI=1S/C13H18N2O2S/c1-2-3-4-5-18-12-7-10-11(6-9(12)14)17-8-13(16)15-10/h6-7H,2-5,8,14H2,1H3,(H,15,16). The summed E-state index contributed by atoms with van der Waals surface area (Å²) in [4.78, 5) is 12.3. The van der Waals surface area contributed by atoms with E-state index >= 15 is 0 Å². The van der Waals surface area contributed by atoms with E-state index in [1.54, 1.807) is 17.8 Å². The normalized spacial score (nSPS) is 13.7. The Hall–Kier alpha value is -1.36. The van der Waals surface area contributed by atoms with E-state index < -0.39 is 0 Å². The Labute approximate surface area is 111 Å². The van der Waals surface area contributed by atoms with Crippen molar-refractivity contribution in [3.63, 3.8) is 0 Å². The molecule has 0 bridgehead atoms. The van der Waals surface area contributed by atoms with Crippen LogP contribution in [0.25, 0.3) is 0 Å². The summed E-state index contributed by atoms with van der Waals surface area (Å²) in [5.41, 5.74) is 7.42. The number of carbonyl (C=O) groups is 1. The molecule has 0 aliphatic carbocycles. The lowest BCUT2D eigenvalue weighted by molar-refractivity contribution is -0.118. The molecule has 0 aromatic heterocycles. The fourth-order valence-corrected chi connectivity index (χ4v) is 2.78. The highest BCUT2D eigenvalue weighted by Crippen LogP contribution is 2.37. The summed E-state index contributed by atoms with van der Waals surface area (Å²) in [6.07, 6.45) is 3.63. The van der Waals surface area contributed by atoms with Gasteiger partial charge in [0.2, 0.25) is 0 Å². The molecule has 0 saturated heterocycles. The van der Waals surface area contributed by atoms with Crippen LogP contribution in [-0.4, -0.2) is 18.3 Å². The number of fused-ring (bicyclic) bond motifs is 1. The number of thioether (sulfide) groups is 1. The van der Waals surface area contributed by atoms with Crippen molar-refractivity contribution >= 4 is 29.0 Å². The lowest BCUT2D eigenvalue weighted by Crippen LogP contribution is -2.25. The fraction of sp³-hybridized carbons (Fsp3) is 0.462. The summed E-state index contributed by atoms with van der Waals surface area (Å²) < 4.78 is 5.31. The van der Waals surface area contributed by atoms with Crippen LogP contribution in [0.5, 0.6) is 5.75 Å². The Morgan fingerprint density at radius 3 is 3.06 bits per heavy atom. The van der Waals surface area contributed by atoms with Gasteiger partial charge in [0.25, 0.3) is 5.91 Å². The van der Waals surface area contributed by atoms with Crippen molar-refractivity contribution in [1.82, 2.24) is 0 Å². The van der Waals surface area contributed by atoms with E-state index in [-0.39, 0.29) is 12.5 Å². The Morgan fingerprint density at radius 2 is 2.28 bits per heavy atom. The Morgan fingerprint density at radius 1 is 1.44 bits per heavy atom. The highest BCUT2D eigenvalue weighted by Gasteiger charge is 2.17. The largest absolute Gasteiger partial charge is 0.482 e. The molecule has 1 aliphatic rings. The van der Waals surface area contributed by atoms with Crippen LogP contribution in [0, 0.1) is 0 Å². The first-order valence-electron chi connectivity index (χ1n) is 6.19. The van der Waals surface area contributed by atoms with Gasteiger partial charge in [-0.1, -0.05) is 19.8 Å². The number of nitrogens with one attached hydrogen (secondary N) is 1. The Kier molecular flexibility index (Phi) is 4.36. The Bertz CT molecular complexity index is 449. The zero-order chi connectivity index (χ0) is 13.0. The summed E-state index contributed by atoms with van der Waals surface area (Å²) in [5.74, 6) is 1.59. The van der Waals surface area contributed by atoms with E-state index in [4.69, 9.17) is 10.5 Å². The number of nitrogens with two attached hydrogens (primary N) is 1. The van der Waals surface area contributed by atoms with Gasteiger partial charge in [-0.05, 0) is 18.2 Å². The minimum Gasteiger partial charge on any atom is -0.482 e. The van der Waals surface area contributed by atoms with Crippen LogP contribution < -0.4 is 15.8 Å². The second-order valence-corrected chi connectivity index (χ2v) is 5.42. The van der Waals surface area contributed by atoms with Crippen molar-refractivity contribution in [3.8, 4) is 5.75 Å². The monoisotopic (exact) mass is 266 g/mol. The van der Waals surface area contributed by atoms with Gasteiger partial charge in [0, 0.05) is 16.6 Å². The maximum atomic E-state index is 11.2. The zero-order valence-electron chi connectivity index (χ0n) is 10.5. The van der Waals surface area contributed by atoms with Crippen LogP contribution in [0.2, 0.25) is 0 Å². The number of nitrogen functional groups attached to an aromatic ring is 1. The van der Waals surface area contributed by atoms with Gasteiger partial charge >= 0.3 is 0 Å². The van der Waals surface area contributed by atoms with Crippen LogP contribution in [0.3, 0.4) is 0 Å². The molecule has 1 aromatic carbocycles. The minimum absolute atomic E-state index is 0.0649. The van der Waals surface area contributed by atoms with Crippen LogP contribution in [0.1, 0.15) is 26.2 Å². The predicted octanol–water partition coefficient (Wildman–Crippen LogP) is 2.88. The number of hydrogen-bond acceptors (Lipinski definition) is 4. The number of amides is 1. The van der Waals surface area contributed by atoms with Crippen molar-refractivity contribution in [2.45, 2.75) is 31.1 Å². The molecular formula is C13H18N2O2S. The summed E-state index contributed by atoms with van der Waals surface area (Å²) in [7, 11) is 0. The molecule has 4 nitrogen and oxygen atoms in total. The lowest BCUT2D eigenvalue weighted by atomic mass is 10.2. The van der Waals surface area contributed by atoms with Gasteiger partial charge in [0.05, 0.1) is 5.69 Å². The average molecular weight is 266 g/mol. The maximum absolute atomic E-state index is 11.2. The van der Waals surface area contributed by atoms with E-state index in [9.17, 15) is 4.79 Å². The summed E-state index contributed by atoms with van der Waals surface area (Å²) in [6.45, 7) is 2.25. The van der Waals surface area contributed by atoms with E-state index in [0.717, 1.165) is 16.3 Å². The van der Waals surface area contributed by atoms with Gasteiger partial charge in [-0.25, -0.2) is 0 Å². The van der Waals surface area contributed by atoms with Crippen LogP contribution in [0.4, 0.5) is 11.4 Å². The average Bonchev–Trinajstić information content (AvgIpc) is 2.35. The number of rotatable bonds is 5. The molecule has 98 valence electrons. The SMILES string of the molecule is CCCCCSc1cc2c(cc1N)OCC(=O)N2. The molecule has 1 amide bonds. The highest BCUT2D eigenvalue weighted by atomic mass is 32.2. The van der Waals surface area contributed by atoms with Crippen molar-refractivity contribution in [1.29, 1.82) is 0 Å². The molecule has 0 unspecified atom stereocenters. The van der Waals surface area contributed by atoms with Gasteiger partial charge in [0.15, 0.2) is 6.61 Å². The third-order valence-corrected chi connectivity index (χ3v) is 3.91. The summed E-state index contributed by atoms with van der Waals surface area (Å²) >= 11 is 1.73. The molecule has 0 saturated carbocycles. The van der Waals surface area contributed by atoms with Gasteiger partial charge in [-0.15, -0.1) is 11.8 Å². The first-order chi connectivity index (χ1) is 8.70. The predicted molar refractivity (Wildman–Crippen MR) is 75.2 cm³/mol. The van der Waals surface area contributed by atoms with E-state index in [1.165, 1.54) is 19.3 Å². The third-order valence-electron chi connectivity index (χ3n) is 2.75. The van der Waals surface area contributed by atoms with Gasteiger partial charge < -0.3 is 15.8 Å². The molecule has 0 spiro atoms. The number of carbonyl (C=O) groups excluding carboxylic acids is 1. The van der Waals surface area contributed by atoms with Crippen LogP contribution in [-0.2, 0) is 4.79 Å². The highest BCUT2D eigenvalue weighted by molar-refractivity contribution is 7.99. The maximum Gasteiger partial charge on any atom is 0.262 e. The number of anilines is 2. The topological polar surface area (TPSA) is 64.3 Å². The lowest BCUT2D eigenvalue weighted by Gasteiger charge is -2.19. The minimum atomic E-state index is -0.116. The smallest absolute Gasteiger partial charge is 0.262 e. The zero-order valence-corrected chi connectivity index (χ0v) is 11.3. The van der Waals surface area contributed by atoms with Crippen molar-refractivity contribution in [2.75, 3.05) is 23.4 Å². The molecule has 18 heavy (non-hydrogen) atoms. The molecule has 0 fully saturated rings. The van der Waals surface area contributed by atoms with Crippen molar-refractivity contribution < 1.29 is 9.53 Å². The Balaban J connectivity index is 2.06. The van der Waals surface area contributed by atoms with E-state index in [2.05, 4.69) is 12.2 Å². The van der Waals surface area contributed by atoms with Crippen LogP contribution >= 0.6 is 11.8 Å². The molecular weight excluding hydrogens is 248 g/mol. The molecule has 1 aliphatic heterocycles.